The van der Waals surface area contributed by atoms with Crippen LogP contribution in [0.5, 0.6) is 17.2 Å². The molecule has 1 heterocycles. The average molecular weight is 429 g/mol. The molecule has 0 aliphatic carbocycles. The molecule has 0 unspecified atom stereocenters. The molecule has 0 aliphatic heterocycles. The molecule has 0 bridgehead atoms. The van der Waals surface area contributed by atoms with Crippen LogP contribution >= 0.6 is 0 Å². The normalized spacial score (nSPS) is 10.5. The largest absolute Gasteiger partial charge is 0.497 e. The van der Waals surface area contributed by atoms with E-state index < -0.39 is 0 Å². The number of carbonyl (C=O) groups is 1. The molecular weight excluding hydrogens is 406 g/mol. The smallest absolute Gasteiger partial charge is 0.226 e. The summed E-state index contributed by atoms with van der Waals surface area (Å²) in [5.41, 5.74) is 1.47. The van der Waals surface area contributed by atoms with E-state index in [9.17, 15) is 4.79 Å². The van der Waals surface area contributed by atoms with Crippen LogP contribution in [0.25, 0.3) is 11.4 Å². The van der Waals surface area contributed by atoms with Crippen LogP contribution in [0.15, 0.2) is 83.4 Å². The van der Waals surface area contributed by atoms with Crippen LogP contribution < -0.4 is 14.8 Å². The van der Waals surface area contributed by atoms with E-state index in [1.165, 1.54) is 0 Å². The van der Waals surface area contributed by atoms with E-state index in [1.807, 2.05) is 78.9 Å². The number of anilines is 1. The van der Waals surface area contributed by atoms with Gasteiger partial charge in [0.25, 0.3) is 0 Å². The van der Waals surface area contributed by atoms with Gasteiger partial charge in [-0.1, -0.05) is 35.5 Å². The lowest BCUT2D eigenvalue weighted by Crippen LogP contribution is -2.12. The third-order valence-corrected chi connectivity index (χ3v) is 4.74. The van der Waals surface area contributed by atoms with E-state index >= 15 is 0 Å². The highest BCUT2D eigenvalue weighted by atomic mass is 16.5. The Balaban J connectivity index is 1.29. The Kier molecular flexibility index (Phi) is 6.77. The quantitative estimate of drug-likeness (QED) is 0.378. The number of aromatic nitrogens is 2. The van der Waals surface area contributed by atoms with Crippen LogP contribution in [-0.2, 0) is 11.2 Å². The lowest BCUT2D eigenvalue weighted by molar-refractivity contribution is -0.116. The van der Waals surface area contributed by atoms with Crippen molar-refractivity contribution in [3.8, 4) is 28.6 Å². The summed E-state index contributed by atoms with van der Waals surface area (Å²) in [6.45, 7) is 0. The molecule has 7 heteroatoms. The van der Waals surface area contributed by atoms with Crippen molar-refractivity contribution in [2.45, 2.75) is 19.3 Å². The number of amides is 1. The van der Waals surface area contributed by atoms with E-state index in [-0.39, 0.29) is 5.91 Å². The van der Waals surface area contributed by atoms with Crippen LogP contribution in [0.3, 0.4) is 0 Å². The van der Waals surface area contributed by atoms with E-state index in [1.54, 1.807) is 7.11 Å². The third-order valence-electron chi connectivity index (χ3n) is 4.74. The number of nitrogens with zero attached hydrogens (tertiary/aromatic N) is 2. The Hall–Kier alpha value is -4.13. The number of carbonyl (C=O) groups excluding carboxylic acids is 1. The second kappa shape index (κ2) is 10.3. The van der Waals surface area contributed by atoms with Crippen molar-refractivity contribution in [2.75, 3.05) is 12.4 Å². The Bertz CT molecular complexity index is 1160. The van der Waals surface area contributed by atoms with Gasteiger partial charge in [-0.05, 0) is 55.0 Å². The van der Waals surface area contributed by atoms with E-state index in [0.717, 1.165) is 11.3 Å². The molecule has 0 atom stereocenters. The van der Waals surface area contributed by atoms with Gasteiger partial charge < -0.3 is 19.3 Å². The van der Waals surface area contributed by atoms with Crippen molar-refractivity contribution >= 4 is 11.6 Å². The third kappa shape index (κ3) is 5.51. The lowest BCUT2D eigenvalue weighted by atomic mass is 10.2. The minimum Gasteiger partial charge on any atom is -0.497 e. The Morgan fingerprint density at radius 1 is 0.938 bits per heavy atom. The molecule has 32 heavy (non-hydrogen) atoms. The van der Waals surface area contributed by atoms with E-state index in [0.29, 0.717) is 48.2 Å². The van der Waals surface area contributed by atoms with E-state index in [4.69, 9.17) is 14.0 Å². The Morgan fingerprint density at radius 3 is 2.47 bits per heavy atom. The van der Waals surface area contributed by atoms with Crippen LogP contribution in [-0.4, -0.2) is 23.2 Å². The van der Waals surface area contributed by atoms with Crippen LogP contribution in [0.1, 0.15) is 18.7 Å². The zero-order valence-electron chi connectivity index (χ0n) is 17.7. The number of rotatable bonds is 9. The molecule has 4 aromatic rings. The molecule has 4 rings (SSSR count). The fourth-order valence-electron chi connectivity index (χ4n) is 3.10. The minimum absolute atomic E-state index is 0.107. The molecule has 3 aromatic carbocycles. The van der Waals surface area contributed by atoms with Gasteiger partial charge in [-0.25, -0.2) is 0 Å². The summed E-state index contributed by atoms with van der Waals surface area (Å²) in [5.74, 6) is 2.96. The number of para-hydroxylation sites is 3. The van der Waals surface area contributed by atoms with Crippen molar-refractivity contribution in [1.29, 1.82) is 0 Å². The van der Waals surface area contributed by atoms with Gasteiger partial charge in [0.1, 0.15) is 11.5 Å². The molecule has 1 N–H and O–H groups in total. The number of methoxy groups -OCH3 is 1. The highest BCUT2D eigenvalue weighted by Crippen LogP contribution is 2.29. The second-order valence-corrected chi connectivity index (χ2v) is 7.05. The molecule has 7 nitrogen and oxygen atoms in total. The summed E-state index contributed by atoms with van der Waals surface area (Å²) in [7, 11) is 1.62. The maximum atomic E-state index is 12.4. The first-order valence-electron chi connectivity index (χ1n) is 10.3. The SMILES string of the molecule is COc1ccc(-c2noc(CCCC(=O)Nc3ccccc3Oc3ccccc3)n2)cc1. The number of hydrogen-bond acceptors (Lipinski definition) is 6. The summed E-state index contributed by atoms with van der Waals surface area (Å²) in [4.78, 5) is 16.9. The monoisotopic (exact) mass is 429 g/mol. The fraction of sp³-hybridized carbons (Fsp3) is 0.160. The maximum Gasteiger partial charge on any atom is 0.226 e. The molecule has 1 aromatic heterocycles. The van der Waals surface area contributed by atoms with Crippen molar-refractivity contribution < 1.29 is 18.8 Å². The first-order valence-corrected chi connectivity index (χ1v) is 10.3. The second-order valence-electron chi connectivity index (χ2n) is 7.05. The van der Waals surface area contributed by atoms with Gasteiger partial charge in [-0.2, -0.15) is 4.98 Å². The number of aryl methyl sites for hydroxylation is 1. The van der Waals surface area contributed by atoms with Crippen molar-refractivity contribution in [3.05, 3.63) is 84.8 Å². The first-order chi connectivity index (χ1) is 15.7. The molecular formula is C25H23N3O4. The Labute approximate surface area is 186 Å². The Morgan fingerprint density at radius 2 is 1.69 bits per heavy atom. The highest BCUT2D eigenvalue weighted by Gasteiger charge is 2.12. The average Bonchev–Trinajstić information content (AvgIpc) is 3.30. The number of benzene rings is 3. The maximum absolute atomic E-state index is 12.4. The van der Waals surface area contributed by atoms with Crippen molar-refractivity contribution in [1.82, 2.24) is 10.1 Å². The molecule has 0 aliphatic rings. The molecule has 0 spiro atoms. The summed E-state index contributed by atoms with van der Waals surface area (Å²) in [6, 6.07) is 24.2. The lowest BCUT2D eigenvalue weighted by Gasteiger charge is -2.12. The standard InChI is InChI=1S/C25H23N3O4/c1-30-19-16-14-18(15-17-19)25-27-24(32-28-25)13-7-12-23(29)26-21-10-5-6-11-22(21)31-20-8-3-2-4-9-20/h2-6,8-11,14-17H,7,12-13H2,1H3,(H,26,29). The van der Waals surface area contributed by atoms with Gasteiger partial charge in [-0.3, -0.25) is 4.79 Å². The minimum atomic E-state index is -0.107. The highest BCUT2D eigenvalue weighted by molar-refractivity contribution is 5.92. The van der Waals surface area contributed by atoms with Crippen LogP contribution in [0.2, 0.25) is 0 Å². The molecule has 1 amide bonds. The molecule has 0 radical (unpaired) electrons. The van der Waals surface area contributed by atoms with Gasteiger partial charge in [0.2, 0.25) is 17.6 Å². The predicted octanol–water partition coefficient (Wildman–Crippen LogP) is 5.50. The van der Waals surface area contributed by atoms with Gasteiger partial charge >= 0.3 is 0 Å². The van der Waals surface area contributed by atoms with Gasteiger partial charge in [0, 0.05) is 18.4 Å². The fourth-order valence-corrected chi connectivity index (χ4v) is 3.10. The molecule has 0 saturated carbocycles. The zero-order valence-corrected chi connectivity index (χ0v) is 17.7. The first kappa shape index (κ1) is 21.1. The van der Waals surface area contributed by atoms with Crippen molar-refractivity contribution in [2.24, 2.45) is 0 Å². The predicted molar refractivity (Wildman–Crippen MR) is 121 cm³/mol. The van der Waals surface area contributed by atoms with Crippen LogP contribution in [0, 0.1) is 0 Å². The van der Waals surface area contributed by atoms with E-state index in [2.05, 4.69) is 15.5 Å². The summed E-state index contributed by atoms with van der Waals surface area (Å²) >= 11 is 0. The van der Waals surface area contributed by atoms with Crippen molar-refractivity contribution in [3.63, 3.8) is 0 Å². The number of nitrogens with one attached hydrogen (secondary N) is 1. The molecule has 162 valence electrons. The van der Waals surface area contributed by atoms with Gasteiger partial charge in [0.05, 0.1) is 12.8 Å². The topological polar surface area (TPSA) is 86.5 Å². The summed E-state index contributed by atoms with van der Waals surface area (Å²) in [6.07, 6.45) is 1.41. The summed E-state index contributed by atoms with van der Waals surface area (Å²) < 4.78 is 16.4. The van der Waals surface area contributed by atoms with Crippen LogP contribution in [0.4, 0.5) is 5.69 Å². The van der Waals surface area contributed by atoms with Gasteiger partial charge in [0.15, 0.2) is 5.75 Å². The molecule has 0 saturated heterocycles. The number of hydrogen-bond donors (Lipinski definition) is 1. The zero-order chi connectivity index (χ0) is 22.2. The number of ether oxygens (including phenoxy) is 2. The van der Waals surface area contributed by atoms with Gasteiger partial charge in [-0.15, -0.1) is 0 Å². The summed E-state index contributed by atoms with van der Waals surface area (Å²) in [5, 5.41) is 6.93. The molecule has 0 fully saturated rings.